The molecule has 9 nitrogen and oxygen atoms in total. The molecule has 1 aliphatic rings. The van der Waals surface area contributed by atoms with Crippen LogP contribution in [0.25, 0.3) is 10.9 Å². The van der Waals surface area contributed by atoms with Crippen molar-refractivity contribution in [2.75, 3.05) is 25.5 Å². The van der Waals surface area contributed by atoms with Gasteiger partial charge in [-0.3, -0.25) is 4.68 Å². The van der Waals surface area contributed by atoms with Crippen LogP contribution in [0, 0.1) is 0 Å². The van der Waals surface area contributed by atoms with Gasteiger partial charge in [0.1, 0.15) is 23.6 Å². The van der Waals surface area contributed by atoms with Gasteiger partial charge in [-0.05, 0) is 57.1 Å². The molecule has 0 amide bonds. The van der Waals surface area contributed by atoms with Crippen molar-refractivity contribution in [3.8, 4) is 17.4 Å². The first-order valence-electron chi connectivity index (χ1n) is 11.1. The van der Waals surface area contributed by atoms with Crippen LogP contribution in [0.4, 0.5) is 11.6 Å². The van der Waals surface area contributed by atoms with Gasteiger partial charge in [-0.2, -0.15) is 5.10 Å². The molecular weight excluding hydrogens is 454 g/mol. The highest BCUT2D eigenvalue weighted by Gasteiger charge is 2.20. The largest absolute Gasteiger partial charge is 1.00 e. The maximum Gasteiger partial charge on any atom is 0.219 e. The maximum atomic E-state index is 5.97. The average Bonchev–Trinajstić information content (AvgIpc) is 3.43. The fourth-order valence-electron chi connectivity index (χ4n) is 4.09. The van der Waals surface area contributed by atoms with Crippen molar-refractivity contribution < 1.29 is 21.9 Å². The summed E-state index contributed by atoms with van der Waals surface area (Å²) >= 11 is 0. The number of nitrogens with one attached hydrogen (secondary N) is 1. The number of rotatable bonds is 8. The van der Waals surface area contributed by atoms with Crippen LogP contribution in [0.1, 0.15) is 19.3 Å². The number of halogens is 1. The third-order valence-electron chi connectivity index (χ3n) is 5.89. The number of benzene rings is 1. The molecule has 4 aromatic rings. The summed E-state index contributed by atoms with van der Waals surface area (Å²) in [6.07, 6.45) is 8.65. The fourth-order valence-corrected chi connectivity index (χ4v) is 4.09. The zero-order chi connectivity index (χ0) is 22.6. The molecule has 0 spiro atoms. The number of ether oxygens (including phenoxy) is 2. The van der Waals surface area contributed by atoms with Gasteiger partial charge in [0.05, 0.1) is 18.3 Å². The number of aromatic nitrogens is 5. The van der Waals surface area contributed by atoms with Gasteiger partial charge in [0.25, 0.3) is 0 Å². The van der Waals surface area contributed by atoms with Crippen LogP contribution >= 0.6 is 0 Å². The van der Waals surface area contributed by atoms with E-state index >= 15 is 0 Å². The minimum atomic E-state index is 0. The predicted molar refractivity (Wildman–Crippen MR) is 126 cm³/mol. The Hall–Kier alpha value is -3.43. The first-order valence-corrected chi connectivity index (χ1v) is 11.1. The van der Waals surface area contributed by atoms with E-state index in [0.717, 1.165) is 23.1 Å². The Kier molecular flexibility index (Phi) is 7.44. The Balaban J connectivity index is 0.00000274. The Bertz CT molecular complexity index is 1230. The molecule has 0 aliphatic carbocycles. The lowest BCUT2D eigenvalue weighted by molar-refractivity contribution is -0.00000815. The van der Waals surface area contributed by atoms with E-state index in [1.54, 1.807) is 10.9 Å². The normalized spacial score (nSPS) is 15.8. The van der Waals surface area contributed by atoms with Crippen LogP contribution < -0.4 is 27.2 Å². The molecule has 1 saturated heterocycles. The lowest BCUT2D eigenvalue weighted by atomic mass is 10.1. The second kappa shape index (κ2) is 10.7. The Morgan fingerprint density at radius 2 is 1.94 bits per heavy atom. The summed E-state index contributed by atoms with van der Waals surface area (Å²) < 4.78 is 13.6. The quantitative estimate of drug-likeness (QED) is 0.402. The van der Waals surface area contributed by atoms with E-state index in [1.807, 2.05) is 49.6 Å². The summed E-state index contributed by atoms with van der Waals surface area (Å²) in [5.74, 6) is 3.26. The van der Waals surface area contributed by atoms with E-state index in [9.17, 15) is 0 Å². The summed E-state index contributed by atoms with van der Waals surface area (Å²) in [6, 6.07) is 11.9. The van der Waals surface area contributed by atoms with Crippen molar-refractivity contribution in [3.63, 3.8) is 0 Å². The van der Waals surface area contributed by atoms with Gasteiger partial charge in [0, 0.05) is 36.8 Å². The van der Waals surface area contributed by atoms with Crippen molar-refractivity contribution in [2.45, 2.75) is 25.3 Å². The van der Waals surface area contributed by atoms with E-state index in [0.29, 0.717) is 35.9 Å². The summed E-state index contributed by atoms with van der Waals surface area (Å²) in [7, 11) is 4.05. The second-order valence-electron chi connectivity index (χ2n) is 8.25. The van der Waals surface area contributed by atoms with Crippen molar-refractivity contribution in [1.82, 2.24) is 29.6 Å². The fraction of sp³-hybridized carbons (Fsp3) is 0.333. The van der Waals surface area contributed by atoms with Gasteiger partial charge in [-0.25, -0.2) is 15.0 Å². The standard InChI is InChI=1S/C24H27N7O2.ClH/c1-30-11-3-4-17(30)10-13-32-19-6-8-23(25-15-19)33-18-5-7-21-20(14-18)24(27-16-26-21)28-22-9-12-31(2)29-22;/h5-9,12,14-17H,3-4,10-11,13H2,1-2H3,(H,26,27,28,29);1H/p-1. The molecule has 4 heterocycles. The van der Waals surface area contributed by atoms with Crippen molar-refractivity contribution in [2.24, 2.45) is 7.05 Å². The number of aryl methyl sites for hydroxylation is 1. The number of nitrogens with zero attached hydrogens (tertiary/aromatic N) is 6. The molecule has 0 bridgehead atoms. The number of anilines is 2. The molecular formula is C24H27ClN7O2-. The molecule has 5 rings (SSSR count). The zero-order valence-electron chi connectivity index (χ0n) is 19.2. The summed E-state index contributed by atoms with van der Waals surface area (Å²) in [5, 5.41) is 8.41. The minimum Gasteiger partial charge on any atom is -1.00 e. The smallest absolute Gasteiger partial charge is 0.219 e. The first-order chi connectivity index (χ1) is 16.1. The van der Waals surface area contributed by atoms with Gasteiger partial charge >= 0.3 is 0 Å². The Labute approximate surface area is 204 Å². The number of pyridine rings is 1. The number of likely N-dealkylation sites (tertiary alicyclic amines) is 1. The monoisotopic (exact) mass is 480 g/mol. The number of hydrogen-bond donors (Lipinski definition) is 1. The highest BCUT2D eigenvalue weighted by Crippen LogP contribution is 2.29. The van der Waals surface area contributed by atoms with Crippen LogP contribution in [0.5, 0.6) is 17.4 Å². The highest BCUT2D eigenvalue weighted by molar-refractivity contribution is 5.91. The summed E-state index contributed by atoms with van der Waals surface area (Å²) in [4.78, 5) is 15.5. The van der Waals surface area contributed by atoms with Crippen LogP contribution in [-0.2, 0) is 7.05 Å². The molecule has 1 atom stereocenters. The second-order valence-corrected chi connectivity index (χ2v) is 8.25. The molecule has 1 fully saturated rings. The van der Waals surface area contributed by atoms with Gasteiger partial charge in [0.2, 0.25) is 5.88 Å². The Morgan fingerprint density at radius 3 is 2.68 bits per heavy atom. The molecule has 1 unspecified atom stereocenters. The topological polar surface area (TPSA) is 90.2 Å². The average molecular weight is 481 g/mol. The first kappa shape index (κ1) is 23.7. The van der Waals surface area contributed by atoms with E-state index < -0.39 is 0 Å². The molecule has 178 valence electrons. The predicted octanol–water partition coefficient (Wildman–Crippen LogP) is 1.16. The van der Waals surface area contributed by atoms with E-state index in [-0.39, 0.29) is 12.4 Å². The van der Waals surface area contributed by atoms with Crippen molar-refractivity contribution in [3.05, 3.63) is 55.1 Å². The summed E-state index contributed by atoms with van der Waals surface area (Å²) in [5.41, 5.74) is 0.806. The van der Waals surface area contributed by atoms with Crippen LogP contribution in [0.2, 0.25) is 0 Å². The molecule has 0 saturated carbocycles. The van der Waals surface area contributed by atoms with Gasteiger partial charge in [-0.1, -0.05) is 0 Å². The number of hydrogen-bond acceptors (Lipinski definition) is 8. The molecule has 0 radical (unpaired) electrons. The third-order valence-corrected chi connectivity index (χ3v) is 5.89. The van der Waals surface area contributed by atoms with Crippen molar-refractivity contribution in [1.29, 1.82) is 0 Å². The van der Waals surface area contributed by atoms with E-state index in [4.69, 9.17) is 9.47 Å². The lowest BCUT2D eigenvalue weighted by Crippen LogP contribution is -3.00. The Morgan fingerprint density at radius 1 is 1.06 bits per heavy atom. The van der Waals surface area contributed by atoms with Gasteiger partial charge < -0.3 is 32.1 Å². The van der Waals surface area contributed by atoms with E-state index in [1.165, 1.54) is 25.7 Å². The molecule has 34 heavy (non-hydrogen) atoms. The van der Waals surface area contributed by atoms with Crippen LogP contribution in [0.15, 0.2) is 55.1 Å². The van der Waals surface area contributed by atoms with Crippen molar-refractivity contribution >= 4 is 22.5 Å². The lowest BCUT2D eigenvalue weighted by Gasteiger charge is -2.19. The van der Waals surface area contributed by atoms with E-state index in [2.05, 4.69) is 37.3 Å². The zero-order valence-corrected chi connectivity index (χ0v) is 19.9. The number of fused-ring (bicyclic) bond motifs is 1. The SMILES string of the molecule is CN1CCCC1CCOc1ccc(Oc2ccc3ncnc(Nc4ccn(C)n4)c3c2)nc1.[Cl-]. The van der Waals surface area contributed by atoms with Crippen LogP contribution in [0.3, 0.4) is 0 Å². The van der Waals surface area contributed by atoms with Crippen LogP contribution in [-0.4, -0.2) is 55.9 Å². The minimum absolute atomic E-state index is 0. The molecule has 3 aromatic heterocycles. The van der Waals surface area contributed by atoms with Gasteiger partial charge in [0.15, 0.2) is 5.82 Å². The highest BCUT2D eigenvalue weighted by atomic mass is 35.5. The molecule has 1 N–H and O–H groups in total. The van der Waals surface area contributed by atoms with Gasteiger partial charge in [-0.15, -0.1) is 0 Å². The maximum absolute atomic E-state index is 5.97. The molecule has 1 aliphatic heterocycles. The summed E-state index contributed by atoms with van der Waals surface area (Å²) in [6.45, 7) is 1.87. The third kappa shape index (κ3) is 5.55. The molecule has 10 heteroatoms. The molecule has 1 aromatic carbocycles.